The first-order valence-corrected chi connectivity index (χ1v) is 8.28. The molecule has 0 amide bonds. The summed E-state index contributed by atoms with van der Waals surface area (Å²) in [7, 11) is 0. The monoisotopic (exact) mass is 322 g/mol. The van der Waals surface area contributed by atoms with Gasteiger partial charge in [-0.25, -0.2) is 0 Å². The normalized spacial score (nSPS) is 14.8. The van der Waals surface area contributed by atoms with E-state index in [-0.39, 0.29) is 0 Å². The largest absolute Gasteiger partial charge is 0.371 e. The van der Waals surface area contributed by atoms with E-state index in [4.69, 9.17) is 11.6 Å². The first-order valence-electron chi connectivity index (χ1n) is 7.91. The Balaban J connectivity index is 1.91. The smallest absolute Gasteiger partial charge is 0.0998 e. The summed E-state index contributed by atoms with van der Waals surface area (Å²) in [5.41, 5.74) is 5.08. The fourth-order valence-corrected chi connectivity index (χ4v) is 3.27. The second kappa shape index (κ2) is 6.89. The molecule has 1 heterocycles. The Hall–Kier alpha value is -2.24. The topological polar surface area (TPSA) is 27.0 Å². The zero-order valence-electron chi connectivity index (χ0n) is 13.2. The number of nitriles is 1. The molecule has 0 radical (unpaired) electrons. The van der Waals surface area contributed by atoms with E-state index in [1.165, 1.54) is 24.1 Å². The summed E-state index contributed by atoms with van der Waals surface area (Å²) in [6, 6.07) is 16.1. The van der Waals surface area contributed by atoms with Gasteiger partial charge in [0.15, 0.2) is 0 Å². The van der Waals surface area contributed by atoms with E-state index in [2.05, 4.69) is 36.1 Å². The average Bonchev–Trinajstić information content (AvgIpc) is 3.07. The van der Waals surface area contributed by atoms with Crippen molar-refractivity contribution in [1.29, 1.82) is 5.26 Å². The number of halogens is 1. The van der Waals surface area contributed by atoms with Crippen molar-refractivity contribution in [2.24, 2.45) is 0 Å². The van der Waals surface area contributed by atoms with Gasteiger partial charge in [-0.15, -0.1) is 0 Å². The van der Waals surface area contributed by atoms with Crippen molar-refractivity contribution in [1.82, 2.24) is 0 Å². The van der Waals surface area contributed by atoms with Crippen molar-refractivity contribution in [2.45, 2.75) is 19.8 Å². The predicted molar refractivity (Wildman–Crippen MR) is 97.6 cm³/mol. The van der Waals surface area contributed by atoms with Crippen molar-refractivity contribution in [2.75, 3.05) is 18.0 Å². The first kappa shape index (κ1) is 15.6. The molecule has 2 aromatic rings. The van der Waals surface area contributed by atoms with Crippen LogP contribution in [0, 0.1) is 18.3 Å². The number of hydrogen-bond acceptors (Lipinski definition) is 2. The van der Waals surface area contributed by atoms with E-state index < -0.39 is 0 Å². The fourth-order valence-electron chi connectivity index (χ4n) is 3.08. The molecule has 1 saturated heterocycles. The van der Waals surface area contributed by atoms with Crippen LogP contribution in [-0.4, -0.2) is 13.1 Å². The zero-order valence-corrected chi connectivity index (χ0v) is 14.0. The third-order valence-corrected chi connectivity index (χ3v) is 4.47. The van der Waals surface area contributed by atoms with Gasteiger partial charge in [-0.05, 0) is 66.8 Å². The molecule has 0 N–H and O–H groups in total. The van der Waals surface area contributed by atoms with Crippen molar-refractivity contribution in [3.05, 3.63) is 64.2 Å². The van der Waals surface area contributed by atoms with Crippen LogP contribution in [0.4, 0.5) is 5.69 Å². The van der Waals surface area contributed by atoms with Crippen molar-refractivity contribution in [3.8, 4) is 6.07 Å². The molecule has 3 heteroatoms. The molecule has 2 nitrogen and oxygen atoms in total. The van der Waals surface area contributed by atoms with Crippen LogP contribution in [0.3, 0.4) is 0 Å². The summed E-state index contributed by atoms with van der Waals surface area (Å²) in [6.45, 7) is 4.42. The van der Waals surface area contributed by atoms with Crippen molar-refractivity contribution >= 4 is 28.9 Å². The van der Waals surface area contributed by atoms with Gasteiger partial charge in [0.1, 0.15) is 0 Å². The van der Waals surface area contributed by atoms with Crippen LogP contribution in [-0.2, 0) is 0 Å². The van der Waals surface area contributed by atoms with Crippen LogP contribution in [0.1, 0.15) is 29.5 Å². The van der Waals surface area contributed by atoms with Gasteiger partial charge in [0, 0.05) is 23.8 Å². The summed E-state index contributed by atoms with van der Waals surface area (Å²) in [5.74, 6) is 0. The molecule has 23 heavy (non-hydrogen) atoms. The molecule has 3 rings (SSSR count). The van der Waals surface area contributed by atoms with Crippen LogP contribution in [0.25, 0.3) is 11.6 Å². The number of nitrogens with zero attached hydrogens (tertiary/aromatic N) is 2. The number of aryl methyl sites for hydroxylation is 1. The highest BCUT2D eigenvalue weighted by atomic mass is 35.5. The second-order valence-corrected chi connectivity index (χ2v) is 6.36. The lowest BCUT2D eigenvalue weighted by molar-refractivity contribution is 0.949. The highest BCUT2D eigenvalue weighted by Gasteiger charge is 2.14. The van der Waals surface area contributed by atoms with Gasteiger partial charge in [-0.3, -0.25) is 0 Å². The molecule has 0 spiro atoms. The summed E-state index contributed by atoms with van der Waals surface area (Å²) in [6.07, 6.45) is 4.47. The maximum Gasteiger partial charge on any atom is 0.0998 e. The maximum absolute atomic E-state index is 9.46. The quantitative estimate of drug-likeness (QED) is 0.565. The summed E-state index contributed by atoms with van der Waals surface area (Å²) in [4.78, 5) is 2.44. The molecule has 2 aromatic carbocycles. The SMILES string of the molecule is Cc1cc(/C=C(\C#N)c2cccc(Cl)c2)ccc1N1CCCC1. The number of benzene rings is 2. The molecular formula is C20H19ClN2. The lowest BCUT2D eigenvalue weighted by atomic mass is 10.0. The Morgan fingerprint density at radius 3 is 2.61 bits per heavy atom. The van der Waals surface area contributed by atoms with Crippen molar-refractivity contribution < 1.29 is 0 Å². The minimum Gasteiger partial charge on any atom is -0.371 e. The summed E-state index contributed by atoms with van der Waals surface area (Å²) >= 11 is 6.03. The predicted octanol–water partition coefficient (Wildman–Crippen LogP) is 5.31. The Morgan fingerprint density at radius 1 is 1.17 bits per heavy atom. The van der Waals surface area contributed by atoms with E-state index in [1.54, 1.807) is 0 Å². The van der Waals surface area contributed by atoms with E-state index >= 15 is 0 Å². The van der Waals surface area contributed by atoms with Gasteiger partial charge in [-0.1, -0.05) is 29.8 Å². The minimum atomic E-state index is 0.626. The number of rotatable bonds is 3. The molecule has 0 aromatic heterocycles. The number of hydrogen-bond donors (Lipinski definition) is 0. The highest BCUT2D eigenvalue weighted by Crippen LogP contribution is 2.27. The third-order valence-electron chi connectivity index (χ3n) is 4.23. The Bertz CT molecular complexity index is 780. The minimum absolute atomic E-state index is 0.626. The first-order chi connectivity index (χ1) is 11.2. The molecule has 0 saturated carbocycles. The van der Waals surface area contributed by atoms with Gasteiger partial charge in [-0.2, -0.15) is 5.26 Å². The molecule has 116 valence electrons. The average molecular weight is 323 g/mol. The van der Waals surface area contributed by atoms with Crippen LogP contribution in [0.2, 0.25) is 5.02 Å². The Labute approximate surface area is 142 Å². The molecular weight excluding hydrogens is 304 g/mol. The molecule has 1 fully saturated rings. The van der Waals surface area contributed by atoms with Gasteiger partial charge >= 0.3 is 0 Å². The fraction of sp³-hybridized carbons (Fsp3) is 0.250. The summed E-state index contributed by atoms with van der Waals surface area (Å²) < 4.78 is 0. The lowest BCUT2D eigenvalue weighted by Gasteiger charge is -2.20. The van der Waals surface area contributed by atoms with Gasteiger partial charge in [0.05, 0.1) is 11.6 Å². The third kappa shape index (κ3) is 3.57. The van der Waals surface area contributed by atoms with E-state index in [9.17, 15) is 5.26 Å². The van der Waals surface area contributed by atoms with E-state index in [1.807, 2.05) is 30.3 Å². The van der Waals surface area contributed by atoms with E-state index in [0.717, 1.165) is 24.2 Å². The second-order valence-electron chi connectivity index (χ2n) is 5.92. The Kier molecular flexibility index (Phi) is 4.69. The molecule has 1 aliphatic rings. The zero-order chi connectivity index (χ0) is 16.2. The lowest BCUT2D eigenvalue weighted by Crippen LogP contribution is -2.18. The summed E-state index contributed by atoms with van der Waals surface area (Å²) in [5, 5.41) is 10.1. The van der Waals surface area contributed by atoms with Gasteiger partial charge < -0.3 is 4.90 Å². The molecule has 0 aliphatic carbocycles. The number of anilines is 1. The van der Waals surface area contributed by atoms with E-state index in [0.29, 0.717) is 10.6 Å². The Morgan fingerprint density at radius 2 is 1.96 bits per heavy atom. The molecule has 0 bridgehead atoms. The molecule has 0 unspecified atom stereocenters. The van der Waals surface area contributed by atoms with Gasteiger partial charge in [0.25, 0.3) is 0 Å². The van der Waals surface area contributed by atoms with Crippen LogP contribution < -0.4 is 4.90 Å². The highest BCUT2D eigenvalue weighted by molar-refractivity contribution is 6.30. The van der Waals surface area contributed by atoms with Gasteiger partial charge in [0.2, 0.25) is 0 Å². The standard InChI is InChI=1S/C20H19ClN2/c1-15-11-16(7-8-20(15)23-9-2-3-10-23)12-18(14-22)17-5-4-6-19(21)13-17/h4-8,11-13H,2-3,9-10H2,1H3/b18-12+. The van der Waals surface area contributed by atoms with Crippen molar-refractivity contribution in [3.63, 3.8) is 0 Å². The van der Waals surface area contributed by atoms with Crippen LogP contribution >= 0.6 is 11.6 Å². The number of allylic oxidation sites excluding steroid dienone is 1. The maximum atomic E-state index is 9.46. The molecule has 1 aliphatic heterocycles. The van der Waals surface area contributed by atoms with Crippen LogP contribution in [0.5, 0.6) is 0 Å². The van der Waals surface area contributed by atoms with Crippen LogP contribution in [0.15, 0.2) is 42.5 Å². The molecule has 0 atom stereocenters.